The molecule has 0 saturated heterocycles. The van der Waals surface area contributed by atoms with Crippen molar-refractivity contribution in [1.29, 1.82) is 0 Å². The first-order valence-corrected chi connectivity index (χ1v) is 11.3. The fraction of sp³-hybridized carbons (Fsp3) is 0.0833. The van der Waals surface area contributed by atoms with Gasteiger partial charge in [0.2, 0.25) is 5.55 Å². The van der Waals surface area contributed by atoms with Gasteiger partial charge in [0.05, 0.1) is 4.90 Å². The zero-order valence-electron chi connectivity index (χ0n) is 17.5. The minimum absolute atomic E-state index is 0.0470. The fourth-order valence-electron chi connectivity index (χ4n) is 3.31. The number of sulfonamides is 1. The maximum atomic E-state index is 13.1. The molecule has 0 spiro atoms. The second-order valence-corrected chi connectivity index (χ2v) is 9.01. The Kier molecular flexibility index (Phi) is 5.79. The molecule has 0 fully saturated rings. The van der Waals surface area contributed by atoms with E-state index in [1.165, 1.54) is 12.1 Å². The molecule has 2 N–H and O–H groups in total. The maximum absolute atomic E-state index is 13.1. The van der Waals surface area contributed by atoms with Crippen LogP contribution < -0.4 is 15.7 Å². The predicted molar refractivity (Wildman–Crippen MR) is 122 cm³/mol. The van der Waals surface area contributed by atoms with Gasteiger partial charge in [-0.2, -0.15) is 13.2 Å². The molecule has 0 saturated carbocycles. The summed E-state index contributed by atoms with van der Waals surface area (Å²) in [6, 6.07) is 22.2. The first kappa shape index (κ1) is 21.3. The van der Waals surface area contributed by atoms with Crippen molar-refractivity contribution in [2.24, 2.45) is 5.10 Å². The van der Waals surface area contributed by atoms with Crippen LogP contribution >= 0.6 is 0 Å². The van der Waals surface area contributed by atoms with Crippen LogP contribution in [-0.4, -0.2) is 14.3 Å². The summed E-state index contributed by atoms with van der Waals surface area (Å²) in [7, 11) is -3.93. The zero-order valence-corrected chi connectivity index (χ0v) is 18.3. The number of hydrogen-bond acceptors (Lipinski definition) is 5. The van der Waals surface area contributed by atoms with Crippen LogP contribution in [0.4, 0.5) is 5.69 Å². The molecular weight excluding hydrogens is 426 g/mol. The van der Waals surface area contributed by atoms with E-state index < -0.39 is 15.9 Å². The summed E-state index contributed by atoms with van der Waals surface area (Å²) in [6.07, 6.45) is 0. The fourth-order valence-corrected chi connectivity index (χ4v) is 4.14. The number of carbonyl (C=O) groups is 1. The maximum Gasteiger partial charge on any atom is 0.276 e. The second kappa shape index (κ2) is 8.68. The highest BCUT2D eigenvalue weighted by Crippen LogP contribution is 2.17. The van der Waals surface area contributed by atoms with E-state index in [1.807, 2.05) is 38.1 Å². The number of amides is 1. The normalized spacial score (nSPS) is 12.0. The molecule has 0 aliphatic rings. The molecule has 0 atom stereocenters. The van der Waals surface area contributed by atoms with Crippen LogP contribution in [0.5, 0.6) is 0 Å². The number of anilines is 1. The van der Waals surface area contributed by atoms with Crippen molar-refractivity contribution in [3.63, 3.8) is 0 Å². The topological polar surface area (TPSA) is 101 Å². The van der Waals surface area contributed by atoms with E-state index >= 15 is 0 Å². The number of benzene rings is 3. The number of para-hydroxylation sites is 1. The molecule has 7 nitrogen and oxygen atoms in total. The second-order valence-electron chi connectivity index (χ2n) is 7.35. The number of rotatable bonds is 5. The number of aryl methyl sites for hydroxylation is 2. The van der Waals surface area contributed by atoms with Gasteiger partial charge in [0, 0.05) is 11.1 Å². The van der Waals surface area contributed by atoms with E-state index in [9.17, 15) is 13.2 Å². The third-order valence-electron chi connectivity index (χ3n) is 4.70. The number of nitrogens with zero attached hydrogens (tertiary/aromatic N) is 1. The van der Waals surface area contributed by atoms with Crippen molar-refractivity contribution in [3.8, 4) is 0 Å². The smallest absolute Gasteiger partial charge is 0.276 e. The van der Waals surface area contributed by atoms with Crippen LogP contribution in [-0.2, 0) is 10.0 Å². The monoisotopic (exact) mass is 447 g/mol. The molecule has 0 bridgehead atoms. The van der Waals surface area contributed by atoms with E-state index in [0.29, 0.717) is 16.7 Å². The van der Waals surface area contributed by atoms with Gasteiger partial charge in [0.15, 0.2) is 0 Å². The molecule has 3 aromatic carbocycles. The van der Waals surface area contributed by atoms with Crippen molar-refractivity contribution in [1.82, 2.24) is 4.83 Å². The Bertz CT molecular complexity index is 1460. The summed E-state index contributed by atoms with van der Waals surface area (Å²) in [5.74, 6) is -0.470. The molecule has 4 rings (SSSR count). The minimum atomic E-state index is -3.93. The lowest BCUT2D eigenvalue weighted by Gasteiger charge is -2.09. The van der Waals surface area contributed by atoms with E-state index in [2.05, 4.69) is 15.2 Å². The van der Waals surface area contributed by atoms with Crippen LogP contribution in [0.3, 0.4) is 0 Å². The van der Waals surface area contributed by atoms with Crippen LogP contribution in [0.2, 0.25) is 0 Å². The quantitative estimate of drug-likeness (QED) is 0.450. The summed E-state index contributed by atoms with van der Waals surface area (Å²) in [4.78, 5) is 15.3. The van der Waals surface area contributed by atoms with Gasteiger partial charge in [-0.15, -0.1) is 5.10 Å². The molecular formula is C24H21N3O4S. The number of hydrogen-bond donors (Lipinski definition) is 2. The van der Waals surface area contributed by atoms with Crippen LogP contribution in [0.15, 0.2) is 93.3 Å². The van der Waals surface area contributed by atoms with Crippen LogP contribution in [0, 0.1) is 13.8 Å². The average molecular weight is 448 g/mol. The third kappa shape index (κ3) is 4.70. The highest BCUT2D eigenvalue weighted by molar-refractivity contribution is 7.89. The zero-order chi connectivity index (χ0) is 22.7. The summed E-state index contributed by atoms with van der Waals surface area (Å²) in [6.45, 7) is 3.88. The Morgan fingerprint density at radius 1 is 0.875 bits per heavy atom. The van der Waals surface area contributed by atoms with E-state index in [4.69, 9.17) is 4.42 Å². The van der Waals surface area contributed by atoms with E-state index in [-0.39, 0.29) is 16.0 Å². The SMILES string of the molecule is Cc1cc(C)cc(NC(=O)c2cc3ccccc3o/c2=N\NS(=O)(=O)c2ccccc2)c1. The van der Waals surface area contributed by atoms with Gasteiger partial charge in [0.25, 0.3) is 15.9 Å². The molecule has 0 aliphatic carbocycles. The lowest BCUT2D eigenvalue weighted by molar-refractivity contribution is 0.102. The highest BCUT2D eigenvalue weighted by Gasteiger charge is 2.16. The lowest BCUT2D eigenvalue weighted by Crippen LogP contribution is -2.27. The standard InChI is InChI=1S/C24H21N3O4S/c1-16-12-17(2)14-19(13-16)25-23(28)21-15-18-8-6-7-11-22(18)31-24(21)26-27-32(29,30)20-9-4-3-5-10-20/h3-15,27H,1-2H3,(H,25,28)/b26-24-. The molecule has 0 aliphatic heterocycles. The Morgan fingerprint density at radius 3 is 2.25 bits per heavy atom. The minimum Gasteiger partial charge on any atom is -0.436 e. The van der Waals surface area contributed by atoms with Crippen LogP contribution in [0.1, 0.15) is 21.5 Å². The molecule has 1 heterocycles. The Morgan fingerprint density at radius 2 is 1.53 bits per heavy atom. The molecule has 0 unspecified atom stereocenters. The summed E-state index contributed by atoms with van der Waals surface area (Å²) in [5.41, 5.74) is 3.04. The van der Waals surface area contributed by atoms with Crippen molar-refractivity contribution < 1.29 is 17.6 Å². The summed E-state index contributed by atoms with van der Waals surface area (Å²) in [5, 5.41) is 7.46. The molecule has 1 aromatic heterocycles. The summed E-state index contributed by atoms with van der Waals surface area (Å²) < 4.78 is 30.9. The number of carbonyl (C=O) groups excluding carboxylic acids is 1. The van der Waals surface area contributed by atoms with E-state index in [0.717, 1.165) is 11.1 Å². The Hall–Kier alpha value is -3.91. The average Bonchev–Trinajstić information content (AvgIpc) is 2.77. The highest BCUT2D eigenvalue weighted by atomic mass is 32.2. The van der Waals surface area contributed by atoms with Gasteiger partial charge >= 0.3 is 0 Å². The van der Waals surface area contributed by atoms with Gasteiger partial charge < -0.3 is 9.73 Å². The number of fused-ring (bicyclic) bond motifs is 1. The largest absolute Gasteiger partial charge is 0.436 e. The lowest BCUT2D eigenvalue weighted by atomic mass is 10.1. The van der Waals surface area contributed by atoms with Crippen molar-refractivity contribution in [2.75, 3.05) is 5.32 Å². The number of nitrogens with one attached hydrogen (secondary N) is 2. The molecule has 4 aromatic rings. The molecule has 0 radical (unpaired) electrons. The molecule has 8 heteroatoms. The van der Waals surface area contributed by atoms with Gasteiger partial charge in [0.1, 0.15) is 11.1 Å². The predicted octanol–water partition coefficient (Wildman–Crippen LogP) is 4.10. The van der Waals surface area contributed by atoms with Crippen molar-refractivity contribution >= 4 is 32.6 Å². The Balaban J connectivity index is 1.76. The third-order valence-corrected chi connectivity index (χ3v) is 5.93. The molecule has 162 valence electrons. The van der Waals surface area contributed by atoms with E-state index in [1.54, 1.807) is 42.5 Å². The Labute approximate surface area is 185 Å². The molecule has 32 heavy (non-hydrogen) atoms. The van der Waals surface area contributed by atoms with Gasteiger partial charge in [-0.25, -0.2) is 0 Å². The van der Waals surface area contributed by atoms with Crippen molar-refractivity contribution in [2.45, 2.75) is 18.7 Å². The van der Waals surface area contributed by atoms with Gasteiger partial charge in [-0.3, -0.25) is 4.79 Å². The van der Waals surface area contributed by atoms with Gasteiger partial charge in [-0.1, -0.05) is 42.5 Å². The summed E-state index contributed by atoms with van der Waals surface area (Å²) >= 11 is 0. The molecule has 1 amide bonds. The van der Waals surface area contributed by atoms with Gasteiger partial charge in [-0.05, 0) is 61.4 Å². The first-order valence-electron chi connectivity index (χ1n) is 9.85. The van der Waals surface area contributed by atoms with Crippen molar-refractivity contribution in [3.05, 3.63) is 101 Å². The van der Waals surface area contributed by atoms with Crippen LogP contribution in [0.25, 0.3) is 11.0 Å². The first-order chi connectivity index (χ1) is 15.3.